The molecule has 1 heterocycles. The van der Waals surface area contributed by atoms with Gasteiger partial charge in [0.1, 0.15) is 16.5 Å². The number of pyridine rings is 1. The Morgan fingerprint density at radius 1 is 1.32 bits per heavy atom. The summed E-state index contributed by atoms with van der Waals surface area (Å²) in [6.45, 7) is 1.45. The number of nitrogens with zero attached hydrogens (tertiary/aromatic N) is 1. The molecule has 0 unspecified atom stereocenters. The lowest BCUT2D eigenvalue weighted by Crippen LogP contribution is -2.16. The fraction of sp³-hybridized carbons (Fsp3) is 0.0833. The van der Waals surface area contributed by atoms with Gasteiger partial charge in [-0.15, -0.1) is 0 Å². The van der Waals surface area contributed by atoms with Gasteiger partial charge in [0.05, 0.1) is 0 Å². The van der Waals surface area contributed by atoms with Crippen LogP contribution in [0.4, 0.5) is 15.9 Å². The number of rotatable bonds is 3. The number of aromatic nitrogens is 1. The van der Waals surface area contributed by atoms with E-state index in [1.807, 2.05) is 0 Å². The molecule has 0 bridgehead atoms. The minimum Gasteiger partial charge on any atom is -0.399 e. The van der Waals surface area contributed by atoms with Gasteiger partial charge in [0.2, 0.25) is 0 Å². The lowest BCUT2D eigenvalue weighted by Gasteiger charge is -2.10. The van der Waals surface area contributed by atoms with Gasteiger partial charge in [-0.2, -0.15) is 0 Å². The Morgan fingerprint density at radius 2 is 2.05 bits per heavy atom. The van der Waals surface area contributed by atoms with E-state index in [1.54, 1.807) is 12.1 Å². The Balaban J connectivity index is 2.46. The highest BCUT2D eigenvalue weighted by molar-refractivity contribution is 7.92. The molecule has 2 rings (SSSR count). The molecular weight excluding hydrogens is 269 g/mol. The van der Waals surface area contributed by atoms with Crippen molar-refractivity contribution in [2.75, 3.05) is 10.5 Å². The van der Waals surface area contributed by atoms with Crippen LogP contribution in [0.5, 0.6) is 0 Å². The topological polar surface area (TPSA) is 85.1 Å². The summed E-state index contributed by atoms with van der Waals surface area (Å²) in [5, 5.41) is 0. The van der Waals surface area contributed by atoms with Gasteiger partial charge < -0.3 is 5.73 Å². The molecule has 1 aromatic heterocycles. The zero-order valence-electron chi connectivity index (χ0n) is 10.1. The molecule has 1 aromatic carbocycles. The Bertz CT molecular complexity index is 702. The minimum atomic E-state index is -4.06. The van der Waals surface area contributed by atoms with Gasteiger partial charge >= 0.3 is 0 Å². The molecule has 0 aliphatic rings. The van der Waals surface area contributed by atoms with Gasteiger partial charge in [-0.3, -0.25) is 4.72 Å². The molecule has 0 saturated heterocycles. The molecule has 0 amide bonds. The van der Waals surface area contributed by atoms with Crippen molar-refractivity contribution in [3.8, 4) is 0 Å². The van der Waals surface area contributed by atoms with Crippen molar-refractivity contribution in [1.29, 1.82) is 0 Å². The van der Waals surface area contributed by atoms with E-state index in [2.05, 4.69) is 9.71 Å². The summed E-state index contributed by atoms with van der Waals surface area (Å²) >= 11 is 0. The van der Waals surface area contributed by atoms with E-state index in [9.17, 15) is 12.8 Å². The number of aryl methyl sites for hydroxylation is 1. The highest BCUT2D eigenvalue weighted by Gasteiger charge is 2.21. The predicted molar refractivity (Wildman–Crippen MR) is 70.6 cm³/mol. The summed E-state index contributed by atoms with van der Waals surface area (Å²) in [5.41, 5.74) is 5.89. The first kappa shape index (κ1) is 13.3. The summed E-state index contributed by atoms with van der Waals surface area (Å²) in [6, 6.07) is 7.17. The third kappa shape index (κ3) is 2.82. The molecule has 19 heavy (non-hydrogen) atoms. The SMILES string of the molecule is Cc1cc(N)cc(S(=O)(=O)Nc2ccccn2)c1F. The third-order valence-corrected chi connectivity index (χ3v) is 3.79. The van der Waals surface area contributed by atoms with Gasteiger partial charge in [-0.25, -0.2) is 17.8 Å². The molecule has 0 spiro atoms. The molecule has 0 fully saturated rings. The molecule has 0 aliphatic heterocycles. The van der Waals surface area contributed by atoms with Crippen molar-refractivity contribution in [2.45, 2.75) is 11.8 Å². The summed E-state index contributed by atoms with van der Waals surface area (Å²) in [4.78, 5) is 3.33. The zero-order valence-corrected chi connectivity index (χ0v) is 10.9. The van der Waals surface area contributed by atoms with Crippen LogP contribution in [0.15, 0.2) is 41.4 Å². The Morgan fingerprint density at radius 3 is 2.68 bits per heavy atom. The first-order chi connectivity index (χ1) is 8.90. The maximum atomic E-state index is 13.9. The highest BCUT2D eigenvalue weighted by Crippen LogP contribution is 2.23. The molecular formula is C12H12FN3O2S. The summed E-state index contributed by atoms with van der Waals surface area (Å²) in [6.07, 6.45) is 1.43. The molecule has 3 N–H and O–H groups in total. The van der Waals surface area contributed by atoms with Crippen LogP contribution in [0.25, 0.3) is 0 Å². The first-order valence-electron chi connectivity index (χ1n) is 5.39. The van der Waals surface area contributed by atoms with Crippen molar-refractivity contribution in [3.05, 3.63) is 47.9 Å². The fourth-order valence-corrected chi connectivity index (χ4v) is 2.77. The number of benzene rings is 1. The van der Waals surface area contributed by atoms with Crippen molar-refractivity contribution < 1.29 is 12.8 Å². The van der Waals surface area contributed by atoms with E-state index < -0.39 is 20.7 Å². The average Bonchev–Trinajstić information content (AvgIpc) is 2.34. The first-order valence-corrected chi connectivity index (χ1v) is 6.88. The second-order valence-electron chi connectivity index (χ2n) is 3.97. The van der Waals surface area contributed by atoms with Crippen LogP contribution in [-0.2, 0) is 10.0 Å². The smallest absolute Gasteiger partial charge is 0.266 e. The second-order valence-corrected chi connectivity index (χ2v) is 5.62. The quantitative estimate of drug-likeness (QED) is 0.842. The monoisotopic (exact) mass is 281 g/mol. The zero-order chi connectivity index (χ0) is 14.0. The van der Waals surface area contributed by atoms with E-state index in [1.165, 1.54) is 25.3 Å². The van der Waals surface area contributed by atoms with Crippen LogP contribution >= 0.6 is 0 Å². The Kier molecular flexibility index (Phi) is 3.39. The van der Waals surface area contributed by atoms with E-state index in [0.29, 0.717) is 0 Å². The van der Waals surface area contributed by atoms with E-state index in [4.69, 9.17) is 5.73 Å². The van der Waals surface area contributed by atoms with E-state index >= 15 is 0 Å². The van der Waals surface area contributed by atoms with Crippen LogP contribution in [0.2, 0.25) is 0 Å². The number of sulfonamides is 1. The maximum Gasteiger partial charge on any atom is 0.266 e. The van der Waals surface area contributed by atoms with Crippen LogP contribution in [0.1, 0.15) is 5.56 Å². The van der Waals surface area contributed by atoms with Crippen molar-refractivity contribution >= 4 is 21.5 Å². The number of nitrogen functional groups attached to an aromatic ring is 1. The number of halogens is 1. The van der Waals surface area contributed by atoms with Crippen LogP contribution in [0.3, 0.4) is 0 Å². The van der Waals surface area contributed by atoms with Gasteiger partial charge in [-0.1, -0.05) is 6.07 Å². The highest BCUT2D eigenvalue weighted by atomic mass is 32.2. The maximum absolute atomic E-state index is 13.9. The van der Waals surface area contributed by atoms with E-state index in [-0.39, 0.29) is 17.1 Å². The van der Waals surface area contributed by atoms with Crippen LogP contribution in [-0.4, -0.2) is 13.4 Å². The van der Waals surface area contributed by atoms with Gasteiger partial charge in [-0.05, 0) is 36.8 Å². The standard InChI is InChI=1S/C12H12FN3O2S/c1-8-6-9(14)7-10(12(8)13)19(17,18)16-11-4-2-3-5-15-11/h2-7H,14H2,1H3,(H,15,16). The number of hydrogen-bond acceptors (Lipinski definition) is 4. The molecule has 7 heteroatoms. The Labute approximate surface area is 110 Å². The molecule has 0 atom stereocenters. The molecule has 0 radical (unpaired) electrons. The van der Waals surface area contributed by atoms with Gasteiger partial charge in [0.15, 0.2) is 0 Å². The summed E-state index contributed by atoms with van der Waals surface area (Å²) in [5.74, 6) is -0.709. The predicted octanol–water partition coefficient (Wildman–Crippen LogP) is 1.91. The fourth-order valence-electron chi connectivity index (χ4n) is 1.58. The number of hydrogen-bond donors (Lipinski definition) is 2. The normalized spacial score (nSPS) is 11.3. The molecule has 2 aromatic rings. The number of nitrogens with one attached hydrogen (secondary N) is 1. The van der Waals surface area contributed by atoms with Crippen LogP contribution < -0.4 is 10.5 Å². The van der Waals surface area contributed by atoms with Crippen molar-refractivity contribution in [3.63, 3.8) is 0 Å². The molecule has 0 aliphatic carbocycles. The second kappa shape index (κ2) is 4.85. The lowest BCUT2D eigenvalue weighted by molar-refractivity contribution is 0.565. The third-order valence-electron chi connectivity index (χ3n) is 2.44. The van der Waals surface area contributed by atoms with E-state index in [0.717, 1.165) is 6.07 Å². The summed E-state index contributed by atoms with van der Waals surface area (Å²) < 4.78 is 40.2. The average molecular weight is 281 g/mol. The Hall–Kier alpha value is -2.15. The number of nitrogens with two attached hydrogens (primary N) is 1. The number of anilines is 2. The lowest BCUT2D eigenvalue weighted by atomic mass is 10.2. The minimum absolute atomic E-state index is 0.113. The van der Waals surface area contributed by atoms with Gasteiger partial charge in [0.25, 0.3) is 10.0 Å². The molecule has 100 valence electrons. The van der Waals surface area contributed by atoms with Crippen LogP contribution in [0, 0.1) is 12.7 Å². The van der Waals surface area contributed by atoms with Gasteiger partial charge in [0, 0.05) is 11.9 Å². The largest absolute Gasteiger partial charge is 0.399 e. The van der Waals surface area contributed by atoms with Crippen molar-refractivity contribution in [1.82, 2.24) is 4.98 Å². The van der Waals surface area contributed by atoms with Crippen molar-refractivity contribution in [2.24, 2.45) is 0 Å². The molecule has 5 nitrogen and oxygen atoms in total. The summed E-state index contributed by atoms with van der Waals surface area (Å²) in [7, 11) is -4.06. The molecule has 0 saturated carbocycles.